The Kier molecular flexibility index (Phi) is 5.57. The van der Waals surface area contributed by atoms with E-state index in [4.69, 9.17) is 0 Å². The maximum absolute atomic E-state index is 12.6. The molecule has 0 spiro atoms. The molecule has 156 valence electrons. The van der Waals surface area contributed by atoms with Crippen LogP contribution in [0.3, 0.4) is 0 Å². The van der Waals surface area contributed by atoms with E-state index in [-0.39, 0.29) is 30.1 Å². The van der Waals surface area contributed by atoms with Crippen LogP contribution in [0.5, 0.6) is 0 Å². The molecular formula is C24H27N3O3. The van der Waals surface area contributed by atoms with Crippen LogP contribution in [-0.4, -0.2) is 30.8 Å². The second kappa shape index (κ2) is 8.30. The highest BCUT2D eigenvalue weighted by atomic mass is 16.2. The lowest BCUT2D eigenvalue weighted by Gasteiger charge is -2.20. The van der Waals surface area contributed by atoms with Crippen LogP contribution in [0.2, 0.25) is 0 Å². The molecule has 2 aliphatic heterocycles. The zero-order valence-corrected chi connectivity index (χ0v) is 17.5. The Hall–Kier alpha value is -3.15. The van der Waals surface area contributed by atoms with Gasteiger partial charge in [0.1, 0.15) is 0 Å². The molecule has 1 N–H and O–H groups in total. The fourth-order valence-electron chi connectivity index (χ4n) is 4.29. The molecule has 0 saturated carbocycles. The van der Waals surface area contributed by atoms with Gasteiger partial charge in [-0.1, -0.05) is 36.8 Å². The Morgan fingerprint density at radius 2 is 2.00 bits per heavy atom. The predicted octanol–water partition coefficient (Wildman–Crippen LogP) is 2.96. The Labute approximate surface area is 176 Å². The third-order valence-corrected chi connectivity index (χ3v) is 5.92. The minimum absolute atomic E-state index is 0.0369. The SMILES string of the molecule is CCC(=O)N1CCc2cc(N3CC(C(=O)NCc4cccc(C)c4)CC3=O)ccc21. The molecule has 2 aromatic rings. The lowest BCUT2D eigenvalue weighted by Crippen LogP contribution is -2.32. The molecule has 0 aromatic heterocycles. The molecule has 1 fully saturated rings. The molecule has 2 aliphatic rings. The van der Waals surface area contributed by atoms with Crippen molar-refractivity contribution in [2.45, 2.75) is 39.7 Å². The normalized spacial score (nSPS) is 17.9. The third kappa shape index (κ3) is 3.95. The van der Waals surface area contributed by atoms with E-state index in [0.29, 0.717) is 26.1 Å². The maximum Gasteiger partial charge on any atom is 0.227 e. The zero-order chi connectivity index (χ0) is 21.3. The number of rotatable bonds is 5. The van der Waals surface area contributed by atoms with Crippen molar-refractivity contribution < 1.29 is 14.4 Å². The average Bonchev–Trinajstić information content (AvgIpc) is 3.34. The predicted molar refractivity (Wildman–Crippen MR) is 116 cm³/mol. The summed E-state index contributed by atoms with van der Waals surface area (Å²) < 4.78 is 0. The van der Waals surface area contributed by atoms with E-state index in [0.717, 1.165) is 34.5 Å². The first-order chi connectivity index (χ1) is 14.5. The number of aryl methyl sites for hydroxylation is 1. The number of hydrogen-bond donors (Lipinski definition) is 1. The van der Waals surface area contributed by atoms with E-state index in [9.17, 15) is 14.4 Å². The Balaban J connectivity index is 1.41. The molecule has 1 unspecified atom stereocenters. The van der Waals surface area contributed by atoms with Crippen molar-refractivity contribution in [3.8, 4) is 0 Å². The summed E-state index contributed by atoms with van der Waals surface area (Å²) in [5.41, 5.74) is 5.02. The van der Waals surface area contributed by atoms with Crippen LogP contribution in [0, 0.1) is 12.8 Å². The standard InChI is InChI=1S/C24H27N3O3/c1-3-22(28)26-10-9-18-12-20(7-8-21(18)26)27-15-19(13-23(27)29)24(30)25-14-17-6-4-5-16(2)11-17/h4-8,11-12,19H,3,9-10,13-15H2,1-2H3,(H,25,30). The Morgan fingerprint density at radius 1 is 1.17 bits per heavy atom. The van der Waals surface area contributed by atoms with E-state index in [2.05, 4.69) is 5.32 Å². The first-order valence-corrected chi connectivity index (χ1v) is 10.5. The average molecular weight is 405 g/mol. The van der Waals surface area contributed by atoms with Crippen molar-refractivity contribution in [1.82, 2.24) is 5.32 Å². The molecule has 1 atom stereocenters. The van der Waals surface area contributed by atoms with Crippen molar-refractivity contribution in [2.24, 2.45) is 5.92 Å². The van der Waals surface area contributed by atoms with Crippen LogP contribution in [-0.2, 0) is 27.3 Å². The molecule has 1 saturated heterocycles. The van der Waals surface area contributed by atoms with Gasteiger partial charge in [0.15, 0.2) is 0 Å². The number of carbonyl (C=O) groups is 3. The summed E-state index contributed by atoms with van der Waals surface area (Å²) in [6, 6.07) is 13.8. The fourth-order valence-corrected chi connectivity index (χ4v) is 4.29. The molecule has 3 amide bonds. The fraction of sp³-hybridized carbons (Fsp3) is 0.375. The van der Waals surface area contributed by atoms with Crippen molar-refractivity contribution in [1.29, 1.82) is 0 Å². The lowest BCUT2D eigenvalue weighted by molar-refractivity contribution is -0.126. The first kappa shape index (κ1) is 20.1. The largest absolute Gasteiger partial charge is 0.352 e. The molecule has 0 radical (unpaired) electrons. The molecular weight excluding hydrogens is 378 g/mol. The summed E-state index contributed by atoms with van der Waals surface area (Å²) in [4.78, 5) is 40.8. The quantitative estimate of drug-likeness (QED) is 0.832. The number of nitrogens with one attached hydrogen (secondary N) is 1. The minimum Gasteiger partial charge on any atom is -0.352 e. The van der Waals surface area contributed by atoms with E-state index < -0.39 is 0 Å². The molecule has 0 bridgehead atoms. The molecule has 30 heavy (non-hydrogen) atoms. The van der Waals surface area contributed by atoms with Crippen LogP contribution >= 0.6 is 0 Å². The highest BCUT2D eigenvalue weighted by Crippen LogP contribution is 2.34. The summed E-state index contributed by atoms with van der Waals surface area (Å²) in [5, 5.41) is 2.97. The van der Waals surface area contributed by atoms with Crippen LogP contribution in [0.4, 0.5) is 11.4 Å². The Bertz CT molecular complexity index is 1000. The molecule has 4 rings (SSSR count). The van der Waals surface area contributed by atoms with Crippen LogP contribution in [0.15, 0.2) is 42.5 Å². The van der Waals surface area contributed by atoms with Crippen molar-refractivity contribution in [2.75, 3.05) is 22.9 Å². The van der Waals surface area contributed by atoms with Gasteiger partial charge in [-0.05, 0) is 42.7 Å². The minimum atomic E-state index is -0.353. The number of hydrogen-bond acceptors (Lipinski definition) is 3. The summed E-state index contributed by atoms with van der Waals surface area (Å²) in [6.45, 7) is 5.41. The van der Waals surface area contributed by atoms with E-state index in [1.807, 2.05) is 61.2 Å². The number of anilines is 2. The summed E-state index contributed by atoms with van der Waals surface area (Å²) >= 11 is 0. The summed E-state index contributed by atoms with van der Waals surface area (Å²) in [7, 11) is 0. The van der Waals surface area contributed by atoms with Crippen LogP contribution < -0.4 is 15.1 Å². The molecule has 0 aliphatic carbocycles. The molecule has 2 heterocycles. The van der Waals surface area contributed by atoms with Gasteiger partial charge in [-0.15, -0.1) is 0 Å². The summed E-state index contributed by atoms with van der Waals surface area (Å²) in [6.07, 6.45) is 1.49. The molecule has 6 nitrogen and oxygen atoms in total. The second-order valence-corrected chi connectivity index (χ2v) is 8.07. The number of benzene rings is 2. The number of amides is 3. The zero-order valence-electron chi connectivity index (χ0n) is 17.5. The smallest absolute Gasteiger partial charge is 0.227 e. The topological polar surface area (TPSA) is 69.7 Å². The van der Waals surface area contributed by atoms with Crippen LogP contribution in [0.25, 0.3) is 0 Å². The van der Waals surface area contributed by atoms with Gasteiger partial charge >= 0.3 is 0 Å². The number of fused-ring (bicyclic) bond motifs is 1. The maximum atomic E-state index is 12.6. The first-order valence-electron chi connectivity index (χ1n) is 10.5. The third-order valence-electron chi connectivity index (χ3n) is 5.92. The van der Waals surface area contributed by atoms with Gasteiger partial charge in [0, 0.05) is 43.9 Å². The van der Waals surface area contributed by atoms with Crippen molar-refractivity contribution in [3.63, 3.8) is 0 Å². The van der Waals surface area contributed by atoms with Gasteiger partial charge in [0.25, 0.3) is 0 Å². The highest BCUT2D eigenvalue weighted by Gasteiger charge is 2.35. The van der Waals surface area contributed by atoms with Gasteiger partial charge in [-0.2, -0.15) is 0 Å². The summed E-state index contributed by atoms with van der Waals surface area (Å²) in [5.74, 6) is -0.365. The molecule has 6 heteroatoms. The van der Waals surface area contributed by atoms with Crippen molar-refractivity contribution >= 4 is 29.1 Å². The lowest BCUT2D eigenvalue weighted by atomic mass is 10.1. The van der Waals surface area contributed by atoms with Gasteiger partial charge in [0.05, 0.1) is 5.92 Å². The van der Waals surface area contributed by atoms with E-state index in [1.54, 1.807) is 4.90 Å². The number of nitrogens with zero attached hydrogens (tertiary/aromatic N) is 2. The van der Waals surface area contributed by atoms with E-state index >= 15 is 0 Å². The number of carbonyl (C=O) groups excluding carboxylic acids is 3. The highest BCUT2D eigenvalue weighted by molar-refractivity contribution is 6.01. The second-order valence-electron chi connectivity index (χ2n) is 8.07. The van der Waals surface area contributed by atoms with Gasteiger partial charge in [-0.25, -0.2) is 0 Å². The van der Waals surface area contributed by atoms with Crippen LogP contribution in [0.1, 0.15) is 36.5 Å². The molecule has 2 aromatic carbocycles. The van der Waals surface area contributed by atoms with E-state index in [1.165, 1.54) is 0 Å². The van der Waals surface area contributed by atoms with Gasteiger partial charge in [-0.3, -0.25) is 14.4 Å². The monoisotopic (exact) mass is 405 g/mol. The van der Waals surface area contributed by atoms with Crippen molar-refractivity contribution in [3.05, 3.63) is 59.2 Å². The van der Waals surface area contributed by atoms with Gasteiger partial charge in [0.2, 0.25) is 17.7 Å². The van der Waals surface area contributed by atoms with Gasteiger partial charge < -0.3 is 15.1 Å². The Morgan fingerprint density at radius 3 is 2.77 bits per heavy atom.